The van der Waals surface area contributed by atoms with Crippen molar-refractivity contribution >= 4 is 11.5 Å². The molecule has 0 saturated heterocycles. The highest BCUT2D eigenvalue weighted by Crippen LogP contribution is 2.21. The van der Waals surface area contributed by atoms with E-state index in [9.17, 15) is 4.79 Å². The summed E-state index contributed by atoms with van der Waals surface area (Å²) in [7, 11) is 1.36. The van der Waals surface area contributed by atoms with Crippen molar-refractivity contribution in [2.45, 2.75) is 6.92 Å². The summed E-state index contributed by atoms with van der Waals surface area (Å²) in [6.07, 6.45) is 3.17. The Balaban J connectivity index is 2.48. The summed E-state index contributed by atoms with van der Waals surface area (Å²) < 4.78 is 4.68. The molecule has 2 aromatic rings. The number of benzene rings is 1. The predicted octanol–water partition coefficient (Wildman–Crippen LogP) is 2.32. The average molecular weight is 242 g/mol. The van der Waals surface area contributed by atoms with E-state index in [0.29, 0.717) is 0 Å². The van der Waals surface area contributed by atoms with Gasteiger partial charge in [0.1, 0.15) is 5.82 Å². The van der Waals surface area contributed by atoms with Crippen LogP contribution >= 0.6 is 0 Å². The van der Waals surface area contributed by atoms with Crippen molar-refractivity contribution in [1.82, 2.24) is 9.97 Å². The minimum Gasteiger partial charge on any atom is -0.466 e. The van der Waals surface area contributed by atoms with Gasteiger partial charge in [0, 0.05) is 11.6 Å². The van der Waals surface area contributed by atoms with Gasteiger partial charge in [-0.1, -0.05) is 30.3 Å². The van der Waals surface area contributed by atoms with Gasteiger partial charge in [-0.05, 0) is 12.5 Å². The zero-order valence-electron chi connectivity index (χ0n) is 10.3. The molecule has 1 aromatic carbocycles. The number of aromatic nitrogens is 2. The highest BCUT2D eigenvalue weighted by Gasteiger charge is 2.09. The summed E-state index contributed by atoms with van der Waals surface area (Å²) >= 11 is 0. The molecule has 0 bridgehead atoms. The molecule has 0 aliphatic carbocycles. The van der Waals surface area contributed by atoms with Gasteiger partial charge in [0.05, 0.1) is 19.0 Å². The van der Waals surface area contributed by atoms with Crippen LogP contribution in [0.4, 0.5) is 0 Å². The fraction of sp³-hybridized carbons (Fsp3) is 0.143. The van der Waals surface area contributed by atoms with Gasteiger partial charge >= 0.3 is 5.97 Å². The van der Waals surface area contributed by atoms with Crippen LogP contribution in [0.2, 0.25) is 0 Å². The summed E-state index contributed by atoms with van der Waals surface area (Å²) in [5.74, 6) is 0.415. The molecule has 0 aliphatic heterocycles. The average Bonchev–Trinajstić information content (AvgIpc) is 2.83. The molecule has 4 heteroatoms. The van der Waals surface area contributed by atoms with Crippen molar-refractivity contribution in [1.29, 1.82) is 0 Å². The van der Waals surface area contributed by atoms with Crippen LogP contribution in [-0.2, 0) is 9.53 Å². The normalized spacial score (nSPS) is 11.3. The Morgan fingerprint density at radius 2 is 2.06 bits per heavy atom. The first kappa shape index (κ1) is 12.1. The number of rotatable bonds is 3. The molecule has 0 aliphatic rings. The van der Waals surface area contributed by atoms with Gasteiger partial charge in [0.25, 0.3) is 0 Å². The molecule has 0 unspecified atom stereocenters. The monoisotopic (exact) mass is 242 g/mol. The molecular weight excluding hydrogens is 228 g/mol. The highest BCUT2D eigenvalue weighted by atomic mass is 16.5. The van der Waals surface area contributed by atoms with Crippen LogP contribution in [0.25, 0.3) is 5.57 Å². The maximum Gasteiger partial charge on any atom is 0.331 e. The molecule has 0 saturated carbocycles. The topological polar surface area (TPSA) is 55.0 Å². The molecule has 18 heavy (non-hydrogen) atoms. The third-order valence-electron chi connectivity index (χ3n) is 2.54. The van der Waals surface area contributed by atoms with Crippen molar-refractivity contribution < 1.29 is 9.53 Å². The van der Waals surface area contributed by atoms with Crippen molar-refractivity contribution in [2.75, 3.05) is 7.11 Å². The van der Waals surface area contributed by atoms with Crippen LogP contribution in [-0.4, -0.2) is 23.0 Å². The van der Waals surface area contributed by atoms with Gasteiger partial charge in [0.2, 0.25) is 0 Å². The van der Waals surface area contributed by atoms with Crippen molar-refractivity contribution in [3.05, 3.63) is 59.7 Å². The number of imidazole rings is 1. The SMILES string of the molecule is COC(=O)/C=C(\c1ccccc1)c1cnc(C)[nH]1. The Kier molecular flexibility index (Phi) is 3.57. The predicted molar refractivity (Wildman–Crippen MR) is 68.9 cm³/mol. The first-order valence-corrected chi connectivity index (χ1v) is 5.58. The number of aryl methyl sites for hydroxylation is 1. The summed E-state index contributed by atoms with van der Waals surface area (Å²) in [6.45, 7) is 1.87. The van der Waals surface area contributed by atoms with E-state index >= 15 is 0 Å². The first-order chi connectivity index (χ1) is 8.70. The zero-order chi connectivity index (χ0) is 13.0. The second-order valence-electron chi connectivity index (χ2n) is 3.83. The fourth-order valence-corrected chi connectivity index (χ4v) is 1.67. The highest BCUT2D eigenvalue weighted by molar-refractivity contribution is 5.95. The van der Waals surface area contributed by atoms with Gasteiger partial charge in [-0.3, -0.25) is 0 Å². The zero-order valence-corrected chi connectivity index (χ0v) is 10.3. The van der Waals surface area contributed by atoms with E-state index in [0.717, 1.165) is 22.7 Å². The molecule has 1 aromatic heterocycles. The Bertz CT molecular complexity index is 570. The number of nitrogens with one attached hydrogen (secondary N) is 1. The van der Waals surface area contributed by atoms with E-state index in [4.69, 9.17) is 0 Å². The standard InChI is InChI=1S/C14H14N2O2/c1-10-15-9-13(16-10)12(8-14(17)18-2)11-6-4-3-5-7-11/h3-9H,1-2H3,(H,15,16)/b12-8+. The number of methoxy groups -OCH3 is 1. The lowest BCUT2D eigenvalue weighted by atomic mass is 10.0. The molecule has 0 fully saturated rings. The Morgan fingerprint density at radius 1 is 1.33 bits per heavy atom. The number of esters is 1. The molecule has 0 radical (unpaired) electrons. The smallest absolute Gasteiger partial charge is 0.331 e. The van der Waals surface area contributed by atoms with E-state index in [2.05, 4.69) is 14.7 Å². The number of nitrogens with zero attached hydrogens (tertiary/aromatic N) is 1. The summed E-state index contributed by atoms with van der Waals surface area (Å²) in [5, 5.41) is 0. The third kappa shape index (κ3) is 2.66. The first-order valence-electron chi connectivity index (χ1n) is 5.58. The maximum atomic E-state index is 11.4. The molecule has 4 nitrogen and oxygen atoms in total. The number of hydrogen-bond acceptors (Lipinski definition) is 3. The van der Waals surface area contributed by atoms with Gasteiger partial charge in [-0.25, -0.2) is 9.78 Å². The molecule has 92 valence electrons. The lowest BCUT2D eigenvalue weighted by Gasteiger charge is -2.05. The molecule has 1 N–H and O–H groups in total. The Morgan fingerprint density at radius 3 is 2.61 bits per heavy atom. The third-order valence-corrected chi connectivity index (χ3v) is 2.54. The van der Waals surface area contributed by atoms with Crippen molar-refractivity contribution in [3.63, 3.8) is 0 Å². The number of hydrogen-bond donors (Lipinski definition) is 1. The van der Waals surface area contributed by atoms with E-state index in [1.807, 2.05) is 37.3 Å². The van der Waals surface area contributed by atoms with E-state index in [-0.39, 0.29) is 5.97 Å². The van der Waals surface area contributed by atoms with Crippen molar-refractivity contribution in [2.24, 2.45) is 0 Å². The number of carbonyl (C=O) groups is 1. The van der Waals surface area contributed by atoms with Crippen LogP contribution in [0.1, 0.15) is 17.1 Å². The van der Waals surface area contributed by atoms with Gasteiger partial charge in [-0.2, -0.15) is 0 Å². The minimum absolute atomic E-state index is 0.388. The number of ether oxygens (including phenoxy) is 1. The molecule has 0 amide bonds. The lowest BCUT2D eigenvalue weighted by Crippen LogP contribution is -1.98. The molecular formula is C14H14N2O2. The van der Waals surface area contributed by atoms with Crippen molar-refractivity contribution in [3.8, 4) is 0 Å². The molecule has 0 spiro atoms. The lowest BCUT2D eigenvalue weighted by molar-refractivity contribution is -0.134. The number of H-pyrrole nitrogens is 1. The Hall–Kier alpha value is -2.36. The van der Waals surface area contributed by atoms with Crippen LogP contribution in [0, 0.1) is 6.92 Å². The summed E-state index contributed by atoms with van der Waals surface area (Å²) in [4.78, 5) is 18.7. The second kappa shape index (κ2) is 5.31. The Labute approximate surface area is 105 Å². The van der Waals surface area contributed by atoms with E-state index < -0.39 is 0 Å². The van der Waals surface area contributed by atoms with Crippen LogP contribution < -0.4 is 0 Å². The van der Waals surface area contributed by atoms with Crippen LogP contribution in [0.15, 0.2) is 42.6 Å². The fourth-order valence-electron chi connectivity index (χ4n) is 1.67. The largest absolute Gasteiger partial charge is 0.466 e. The number of aromatic amines is 1. The van der Waals surface area contributed by atoms with Gasteiger partial charge < -0.3 is 9.72 Å². The molecule has 0 atom stereocenters. The van der Waals surface area contributed by atoms with Crippen LogP contribution in [0.3, 0.4) is 0 Å². The van der Waals surface area contributed by atoms with Crippen LogP contribution in [0.5, 0.6) is 0 Å². The molecule has 1 heterocycles. The molecule has 2 rings (SSSR count). The van der Waals surface area contributed by atoms with Gasteiger partial charge in [-0.15, -0.1) is 0 Å². The minimum atomic E-state index is -0.388. The van der Waals surface area contributed by atoms with E-state index in [1.165, 1.54) is 13.2 Å². The second-order valence-corrected chi connectivity index (χ2v) is 3.83. The quantitative estimate of drug-likeness (QED) is 0.663. The number of carbonyl (C=O) groups excluding carboxylic acids is 1. The van der Waals surface area contributed by atoms with Gasteiger partial charge in [0.15, 0.2) is 0 Å². The summed E-state index contributed by atoms with van der Waals surface area (Å²) in [6, 6.07) is 9.64. The maximum absolute atomic E-state index is 11.4. The van der Waals surface area contributed by atoms with E-state index in [1.54, 1.807) is 6.20 Å². The summed E-state index contributed by atoms with van der Waals surface area (Å²) in [5.41, 5.74) is 2.50.